The summed E-state index contributed by atoms with van der Waals surface area (Å²) in [5.41, 5.74) is 1.27. The minimum Gasteiger partial charge on any atom is -0.619 e. The quantitative estimate of drug-likeness (QED) is 0.0729. The Hall–Kier alpha value is -2.84. The third kappa shape index (κ3) is 9.83. The normalized spacial score (nSPS) is 13.9. The number of benzene rings is 2. The molecular formula is C28H28Cl2F2N2O7S2. The minimum atomic E-state index is -3.16. The number of aromatic nitrogens is 1. The van der Waals surface area contributed by atoms with Crippen LogP contribution in [-0.4, -0.2) is 44.7 Å². The Bertz CT molecular complexity index is 1480. The molecule has 1 aromatic heterocycles. The monoisotopic (exact) mass is 676 g/mol. The average molecular weight is 678 g/mol. The van der Waals surface area contributed by atoms with Crippen molar-refractivity contribution in [2.45, 2.75) is 43.4 Å². The number of alkyl halides is 2. The molecule has 1 atom stereocenters. The van der Waals surface area contributed by atoms with E-state index in [1.54, 1.807) is 12.1 Å². The van der Waals surface area contributed by atoms with Gasteiger partial charge in [-0.05, 0) is 60.4 Å². The zero-order valence-electron chi connectivity index (χ0n) is 22.8. The van der Waals surface area contributed by atoms with Gasteiger partial charge in [-0.15, -0.1) is 11.8 Å². The summed E-state index contributed by atoms with van der Waals surface area (Å²) in [5, 5.41) is 11.8. The molecule has 0 amide bonds. The van der Waals surface area contributed by atoms with E-state index in [1.807, 2.05) is 18.4 Å². The molecule has 9 nitrogen and oxygen atoms in total. The van der Waals surface area contributed by atoms with E-state index in [2.05, 4.69) is 4.74 Å². The second-order valence-corrected chi connectivity index (χ2v) is 12.5. The van der Waals surface area contributed by atoms with E-state index >= 15 is 0 Å². The largest absolute Gasteiger partial charge is 0.619 e. The van der Waals surface area contributed by atoms with Gasteiger partial charge < -0.3 is 19.4 Å². The van der Waals surface area contributed by atoms with Gasteiger partial charge >= 0.3 is 12.6 Å². The summed E-state index contributed by atoms with van der Waals surface area (Å²) in [4.78, 5) is 14.2. The first-order valence-corrected chi connectivity index (χ1v) is 16.1. The summed E-state index contributed by atoms with van der Waals surface area (Å²) in [7, 11) is -3.16. The van der Waals surface area contributed by atoms with E-state index in [9.17, 15) is 27.2 Å². The summed E-state index contributed by atoms with van der Waals surface area (Å²) >= 11 is 14.1. The molecule has 0 N–H and O–H groups in total. The Morgan fingerprint density at radius 1 is 1.12 bits per heavy atom. The number of ether oxygens (including phenoxy) is 3. The first-order chi connectivity index (χ1) is 20.5. The van der Waals surface area contributed by atoms with Gasteiger partial charge in [0.2, 0.25) is 10.9 Å². The minimum absolute atomic E-state index is 0.00404. The molecule has 0 spiro atoms. The van der Waals surface area contributed by atoms with Gasteiger partial charge in [-0.25, -0.2) is 8.42 Å². The molecule has 0 radical (unpaired) electrons. The standard InChI is InChI=1S/C28H28Cl2F2N2O7S2/c1-42-20-7-4-17(5-8-20)12-34(43(37)38)15-27(35)40-25(11-21-22(29)13-33(36)14-23(21)30)19-6-9-24(41-28(31)32)26(10-19)39-16-18-2-3-18/h4-10,13-14,18,25,28,43H,2-3,11-12,15-16H2,1H3/t25-/m0/s1. The van der Waals surface area contributed by atoms with Crippen LogP contribution < -0.4 is 14.2 Å². The lowest BCUT2D eigenvalue weighted by Gasteiger charge is -2.23. The average Bonchev–Trinajstić information content (AvgIpc) is 3.78. The van der Waals surface area contributed by atoms with Crippen LogP contribution in [-0.2, 0) is 33.4 Å². The molecule has 43 heavy (non-hydrogen) atoms. The summed E-state index contributed by atoms with van der Waals surface area (Å²) in [6.07, 6.45) is 4.74. The predicted octanol–water partition coefficient (Wildman–Crippen LogP) is 5.59. The van der Waals surface area contributed by atoms with Crippen LogP contribution in [0.5, 0.6) is 11.5 Å². The van der Waals surface area contributed by atoms with Gasteiger partial charge in [0.05, 0.1) is 6.61 Å². The van der Waals surface area contributed by atoms with E-state index in [4.69, 9.17) is 32.7 Å². The van der Waals surface area contributed by atoms with E-state index in [-0.39, 0.29) is 46.7 Å². The molecule has 1 heterocycles. The van der Waals surface area contributed by atoms with Gasteiger partial charge in [0.25, 0.3) is 0 Å². The molecule has 1 saturated carbocycles. The molecule has 1 fully saturated rings. The maximum atomic E-state index is 13.2. The maximum Gasteiger partial charge on any atom is 0.387 e. The SMILES string of the molecule is CSc1ccc(CN(CC(=O)O[C@@H](Cc2c(Cl)c[n+]([O-])cc2Cl)c2ccc(OC(F)F)c(OCC3CC3)c2)[SH](=O)=O)cc1. The highest BCUT2D eigenvalue weighted by Crippen LogP contribution is 2.38. The number of esters is 1. The van der Waals surface area contributed by atoms with Crippen molar-refractivity contribution in [3.8, 4) is 11.5 Å². The number of nitrogens with zero attached hydrogens (tertiary/aromatic N) is 2. The number of halogens is 4. The Morgan fingerprint density at radius 3 is 2.37 bits per heavy atom. The Morgan fingerprint density at radius 2 is 1.79 bits per heavy atom. The number of hydrogen-bond acceptors (Lipinski definition) is 8. The lowest BCUT2D eigenvalue weighted by molar-refractivity contribution is -0.605. The fourth-order valence-corrected chi connectivity index (χ4v) is 5.64. The molecule has 1 aliphatic carbocycles. The number of hydrogen-bond donors (Lipinski definition) is 1. The molecule has 0 aliphatic heterocycles. The summed E-state index contributed by atoms with van der Waals surface area (Å²) < 4.78 is 67.7. The smallest absolute Gasteiger partial charge is 0.387 e. The summed E-state index contributed by atoms with van der Waals surface area (Å²) in [6, 6.07) is 11.3. The zero-order valence-corrected chi connectivity index (χ0v) is 26.0. The second kappa shape index (κ2) is 15.2. The third-order valence-electron chi connectivity index (χ3n) is 6.51. The first-order valence-electron chi connectivity index (χ1n) is 13.0. The molecule has 1 aliphatic rings. The molecule has 15 heteroatoms. The zero-order chi connectivity index (χ0) is 31.1. The van der Waals surface area contributed by atoms with Crippen molar-refractivity contribution in [1.82, 2.24) is 4.31 Å². The summed E-state index contributed by atoms with van der Waals surface area (Å²) in [6.45, 7) is -3.48. The van der Waals surface area contributed by atoms with Crippen molar-refractivity contribution in [2.75, 3.05) is 19.4 Å². The number of pyridine rings is 1. The maximum absolute atomic E-state index is 13.2. The molecule has 0 saturated heterocycles. The number of rotatable bonds is 15. The number of carbonyl (C=O) groups is 1. The van der Waals surface area contributed by atoms with Crippen LogP contribution in [0.3, 0.4) is 0 Å². The van der Waals surface area contributed by atoms with Crippen molar-refractivity contribution in [2.24, 2.45) is 5.92 Å². The third-order valence-corrected chi connectivity index (χ3v) is 8.65. The van der Waals surface area contributed by atoms with E-state index in [0.29, 0.717) is 21.8 Å². The van der Waals surface area contributed by atoms with Gasteiger partial charge in [0.15, 0.2) is 23.9 Å². The first kappa shape index (κ1) is 33.1. The number of thiol groups is 1. The van der Waals surface area contributed by atoms with Gasteiger partial charge in [-0.1, -0.05) is 41.4 Å². The van der Waals surface area contributed by atoms with Crippen LogP contribution in [0.1, 0.15) is 35.6 Å². The Kier molecular flexibility index (Phi) is 11.7. The lowest BCUT2D eigenvalue weighted by Crippen LogP contribution is -2.31. The van der Waals surface area contributed by atoms with Crippen molar-refractivity contribution < 1.29 is 40.9 Å². The van der Waals surface area contributed by atoms with E-state index < -0.39 is 36.1 Å². The van der Waals surface area contributed by atoms with Crippen molar-refractivity contribution >= 4 is 51.8 Å². The predicted molar refractivity (Wildman–Crippen MR) is 158 cm³/mol. The number of thioether (sulfide) groups is 1. The number of carbonyl (C=O) groups excluding carboxylic acids is 1. The second-order valence-electron chi connectivity index (χ2n) is 9.72. The van der Waals surface area contributed by atoms with Crippen molar-refractivity contribution in [1.29, 1.82) is 0 Å². The fourth-order valence-electron chi connectivity index (χ4n) is 4.12. The topological polar surface area (TPSA) is 109 Å². The van der Waals surface area contributed by atoms with Crippen LogP contribution in [0.4, 0.5) is 8.78 Å². The highest BCUT2D eigenvalue weighted by atomic mass is 35.5. The van der Waals surface area contributed by atoms with Crippen LogP contribution in [0.15, 0.2) is 59.8 Å². The molecule has 2 aromatic carbocycles. The fraction of sp³-hybridized carbons (Fsp3) is 0.357. The van der Waals surface area contributed by atoms with Crippen LogP contribution in [0.25, 0.3) is 0 Å². The molecule has 3 aromatic rings. The van der Waals surface area contributed by atoms with Crippen LogP contribution in [0.2, 0.25) is 10.0 Å². The van der Waals surface area contributed by atoms with Crippen LogP contribution in [0, 0.1) is 11.1 Å². The van der Waals surface area contributed by atoms with Gasteiger partial charge in [0, 0.05) is 23.4 Å². The van der Waals surface area contributed by atoms with Gasteiger partial charge in [-0.2, -0.15) is 17.8 Å². The molecule has 4 rings (SSSR count). The molecule has 0 unspecified atom stereocenters. The highest BCUT2D eigenvalue weighted by molar-refractivity contribution is 7.98. The van der Waals surface area contributed by atoms with Crippen molar-refractivity contribution in [3.05, 3.63) is 86.8 Å². The summed E-state index contributed by atoms with van der Waals surface area (Å²) in [5.74, 6) is -0.768. The Labute approximate surface area is 263 Å². The molecule has 0 bridgehead atoms. The van der Waals surface area contributed by atoms with E-state index in [1.165, 1.54) is 30.0 Å². The van der Waals surface area contributed by atoms with Crippen LogP contribution >= 0.6 is 35.0 Å². The van der Waals surface area contributed by atoms with Gasteiger partial charge in [-0.3, -0.25) is 4.79 Å². The Balaban J connectivity index is 1.61. The van der Waals surface area contributed by atoms with Gasteiger partial charge in [0.1, 0.15) is 22.7 Å². The lowest BCUT2D eigenvalue weighted by atomic mass is 10.0. The van der Waals surface area contributed by atoms with E-state index in [0.717, 1.165) is 34.4 Å². The van der Waals surface area contributed by atoms with Crippen molar-refractivity contribution in [3.63, 3.8) is 0 Å². The molecular weight excluding hydrogens is 649 g/mol. The highest BCUT2D eigenvalue weighted by Gasteiger charge is 2.27. The molecule has 232 valence electrons.